The molecule has 5 nitrogen and oxygen atoms in total. The van der Waals surface area contributed by atoms with Gasteiger partial charge in [0.1, 0.15) is 6.10 Å². The summed E-state index contributed by atoms with van der Waals surface area (Å²) < 4.78 is 10.9. The van der Waals surface area contributed by atoms with Crippen molar-refractivity contribution in [3.8, 4) is 0 Å². The smallest absolute Gasteiger partial charge is 0.243 e. The third kappa shape index (κ3) is 3.78. The van der Waals surface area contributed by atoms with Crippen LogP contribution in [0, 0.1) is 5.92 Å². The molecule has 1 aromatic rings. The lowest BCUT2D eigenvalue weighted by Crippen LogP contribution is -2.19. The molecule has 0 bridgehead atoms. The highest BCUT2D eigenvalue weighted by Crippen LogP contribution is 2.24. The molecule has 0 saturated carbocycles. The quantitative estimate of drug-likeness (QED) is 0.773. The Morgan fingerprint density at radius 3 is 2.61 bits per heavy atom. The number of hydrogen-bond donors (Lipinski definition) is 1. The average Bonchev–Trinajstić information content (AvgIpc) is 2.86. The minimum absolute atomic E-state index is 0.0818. The first-order chi connectivity index (χ1) is 8.63. The molecule has 1 aromatic heterocycles. The van der Waals surface area contributed by atoms with E-state index >= 15 is 0 Å². The molecule has 3 atom stereocenters. The molecule has 0 radical (unpaired) electrons. The van der Waals surface area contributed by atoms with E-state index in [1.807, 2.05) is 6.92 Å². The Balaban J connectivity index is 2.76. The van der Waals surface area contributed by atoms with Crippen molar-refractivity contribution >= 4 is 0 Å². The number of aromatic nitrogens is 2. The van der Waals surface area contributed by atoms with Crippen LogP contribution in [-0.4, -0.2) is 16.7 Å². The van der Waals surface area contributed by atoms with Crippen molar-refractivity contribution in [2.24, 2.45) is 11.7 Å². The lowest BCUT2D eigenvalue weighted by molar-refractivity contribution is 0.0477. The molecule has 0 aliphatic carbocycles. The number of rotatable bonds is 8. The number of nitrogens with two attached hydrogens (primary N) is 1. The van der Waals surface area contributed by atoms with Gasteiger partial charge in [-0.05, 0) is 19.3 Å². The van der Waals surface area contributed by atoms with Gasteiger partial charge in [-0.3, -0.25) is 0 Å². The Kier molecular flexibility index (Phi) is 6.29. The van der Waals surface area contributed by atoms with Crippen LogP contribution in [0.1, 0.15) is 70.8 Å². The third-order valence-corrected chi connectivity index (χ3v) is 3.21. The first-order valence-electron chi connectivity index (χ1n) is 6.84. The van der Waals surface area contributed by atoms with Gasteiger partial charge in [-0.1, -0.05) is 38.8 Å². The van der Waals surface area contributed by atoms with Crippen LogP contribution in [-0.2, 0) is 4.74 Å². The fraction of sp³-hybridized carbons (Fsp3) is 0.846. The minimum atomic E-state index is -0.194. The molecule has 18 heavy (non-hydrogen) atoms. The maximum Gasteiger partial charge on any atom is 0.243 e. The fourth-order valence-corrected chi connectivity index (χ4v) is 1.76. The second-order valence-electron chi connectivity index (χ2n) is 4.63. The van der Waals surface area contributed by atoms with Gasteiger partial charge in [0.25, 0.3) is 0 Å². The maximum absolute atomic E-state index is 6.07. The van der Waals surface area contributed by atoms with Gasteiger partial charge in [0.05, 0.1) is 6.04 Å². The van der Waals surface area contributed by atoms with Crippen LogP contribution in [0.2, 0.25) is 0 Å². The third-order valence-electron chi connectivity index (χ3n) is 3.21. The summed E-state index contributed by atoms with van der Waals surface area (Å²) in [6.07, 6.45) is 2.82. The molecule has 2 N–H and O–H groups in total. The van der Waals surface area contributed by atoms with Crippen LogP contribution >= 0.6 is 0 Å². The zero-order chi connectivity index (χ0) is 13.5. The molecule has 2 unspecified atom stereocenters. The van der Waals surface area contributed by atoms with Crippen LogP contribution in [0.4, 0.5) is 0 Å². The summed E-state index contributed by atoms with van der Waals surface area (Å²) in [7, 11) is 0. The van der Waals surface area contributed by atoms with E-state index in [2.05, 4.69) is 30.9 Å². The highest BCUT2D eigenvalue weighted by Gasteiger charge is 2.23. The highest BCUT2D eigenvalue weighted by atomic mass is 16.5. The van der Waals surface area contributed by atoms with Gasteiger partial charge in [0, 0.05) is 6.61 Å². The zero-order valence-electron chi connectivity index (χ0n) is 11.8. The predicted molar refractivity (Wildman–Crippen MR) is 70.0 cm³/mol. The van der Waals surface area contributed by atoms with E-state index in [1.165, 1.54) is 0 Å². The highest BCUT2D eigenvalue weighted by molar-refractivity contribution is 4.96. The first kappa shape index (κ1) is 15.1. The maximum atomic E-state index is 6.07. The largest absolute Gasteiger partial charge is 0.370 e. The summed E-state index contributed by atoms with van der Waals surface area (Å²) in [6, 6.07) is -0.194. The van der Waals surface area contributed by atoms with Crippen molar-refractivity contribution < 1.29 is 9.26 Å². The Labute approximate surface area is 109 Å². The lowest BCUT2D eigenvalue weighted by Gasteiger charge is -2.13. The van der Waals surface area contributed by atoms with Crippen LogP contribution < -0.4 is 5.73 Å². The van der Waals surface area contributed by atoms with Crippen molar-refractivity contribution in [1.29, 1.82) is 0 Å². The molecule has 0 aliphatic rings. The molecular weight excluding hydrogens is 230 g/mol. The van der Waals surface area contributed by atoms with Crippen molar-refractivity contribution in [2.75, 3.05) is 6.61 Å². The molecule has 1 heterocycles. The molecule has 5 heteroatoms. The molecule has 0 spiro atoms. The van der Waals surface area contributed by atoms with E-state index in [0.29, 0.717) is 24.2 Å². The normalized spacial score (nSPS) is 16.5. The van der Waals surface area contributed by atoms with Gasteiger partial charge in [0.15, 0.2) is 0 Å². The van der Waals surface area contributed by atoms with Crippen LogP contribution in [0.25, 0.3) is 0 Å². The van der Waals surface area contributed by atoms with Gasteiger partial charge >= 0.3 is 0 Å². The van der Waals surface area contributed by atoms with Gasteiger partial charge in [0.2, 0.25) is 11.7 Å². The summed E-state index contributed by atoms with van der Waals surface area (Å²) in [5, 5.41) is 4.00. The summed E-state index contributed by atoms with van der Waals surface area (Å²) in [4.78, 5) is 4.39. The SMILES string of the molecule is CCCC(OCC)c1noc([C@@H](N)C(C)CC)n1. The molecule has 1 rings (SSSR count). The van der Waals surface area contributed by atoms with E-state index in [0.717, 1.165) is 19.3 Å². The van der Waals surface area contributed by atoms with E-state index in [9.17, 15) is 0 Å². The number of nitrogens with zero attached hydrogens (tertiary/aromatic N) is 2. The van der Waals surface area contributed by atoms with E-state index < -0.39 is 0 Å². The van der Waals surface area contributed by atoms with Gasteiger partial charge in [-0.2, -0.15) is 4.98 Å². The number of ether oxygens (including phenoxy) is 1. The monoisotopic (exact) mass is 255 g/mol. The second-order valence-corrected chi connectivity index (χ2v) is 4.63. The summed E-state index contributed by atoms with van der Waals surface area (Å²) in [5.41, 5.74) is 6.07. The minimum Gasteiger partial charge on any atom is -0.370 e. The van der Waals surface area contributed by atoms with Crippen LogP contribution in [0.3, 0.4) is 0 Å². The Morgan fingerprint density at radius 1 is 1.33 bits per heavy atom. The van der Waals surface area contributed by atoms with Crippen molar-refractivity contribution in [1.82, 2.24) is 10.1 Å². The van der Waals surface area contributed by atoms with Gasteiger partial charge < -0.3 is 15.0 Å². The Bertz CT molecular complexity index is 335. The van der Waals surface area contributed by atoms with Crippen molar-refractivity contribution in [3.05, 3.63) is 11.7 Å². The summed E-state index contributed by atoms with van der Waals surface area (Å²) in [6.45, 7) is 8.90. The topological polar surface area (TPSA) is 74.2 Å². The lowest BCUT2D eigenvalue weighted by atomic mass is 10.0. The first-order valence-corrected chi connectivity index (χ1v) is 6.84. The average molecular weight is 255 g/mol. The second kappa shape index (κ2) is 7.48. The predicted octanol–water partition coefficient (Wildman–Crippen LogP) is 2.99. The van der Waals surface area contributed by atoms with Crippen LogP contribution in [0.15, 0.2) is 4.52 Å². The Hall–Kier alpha value is -0.940. The molecule has 0 amide bonds. The molecule has 0 aliphatic heterocycles. The van der Waals surface area contributed by atoms with Crippen molar-refractivity contribution in [3.63, 3.8) is 0 Å². The number of hydrogen-bond acceptors (Lipinski definition) is 5. The molecule has 0 fully saturated rings. The summed E-state index contributed by atoms with van der Waals surface area (Å²) >= 11 is 0. The fourth-order valence-electron chi connectivity index (χ4n) is 1.76. The van der Waals surface area contributed by atoms with E-state index in [-0.39, 0.29) is 12.1 Å². The van der Waals surface area contributed by atoms with E-state index in [4.69, 9.17) is 15.0 Å². The molecule has 0 aromatic carbocycles. The van der Waals surface area contributed by atoms with Gasteiger partial charge in [-0.25, -0.2) is 0 Å². The summed E-state index contributed by atoms with van der Waals surface area (Å²) in [5.74, 6) is 1.46. The molecule has 104 valence electrons. The van der Waals surface area contributed by atoms with Gasteiger partial charge in [-0.15, -0.1) is 0 Å². The standard InChI is InChI=1S/C13H25N3O2/c1-5-8-10(17-7-3)12-15-13(18-16-12)11(14)9(4)6-2/h9-11H,5-8,14H2,1-4H3/t9?,10?,11-/m0/s1. The zero-order valence-corrected chi connectivity index (χ0v) is 11.8. The molecular formula is C13H25N3O2. The van der Waals surface area contributed by atoms with Crippen molar-refractivity contribution in [2.45, 2.75) is 59.1 Å². The Morgan fingerprint density at radius 2 is 2.06 bits per heavy atom. The molecule has 0 saturated heterocycles. The van der Waals surface area contributed by atoms with Crippen LogP contribution in [0.5, 0.6) is 0 Å². The van der Waals surface area contributed by atoms with E-state index in [1.54, 1.807) is 0 Å².